The zero-order valence-corrected chi connectivity index (χ0v) is 14.5. The number of nitrogens with one attached hydrogen (secondary N) is 2. The summed E-state index contributed by atoms with van der Waals surface area (Å²) in [5.41, 5.74) is 2.80. The van der Waals surface area contributed by atoms with E-state index < -0.39 is 6.61 Å². The molecule has 2 N–H and O–H groups in total. The molecule has 0 heterocycles. The van der Waals surface area contributed by atoms with Gasteiger partial charge in [-0.05, 0) is 35.7 Å². The lowest BCUT2D eigenvalue weighted by Crippen LogP contribution is -2.34. The maximum atomic E-state index is 12.1. The number of rotatable bonds is 9. The molecule has 0 unspecified atom stereocenters. The number of alkyl halides is 2. The molecule has 0 aliphatic carbocycles. The van der Waals surface area contributed by atoms with Crippen LogP contribution >= 0.6 is 0 Å². The molecule has 0 spiro atoms. The number of halogens is 2. The highest BCUT2D eigenvalue weighted by molar-refractivity contribution is 5.73. The highest BCUT2D eigenvalue weighted by atomic mass is 19.3. The van der Waals surface area contributed by atoms with Crippen molar-refractivity contribution in [3.63, 3.8) is 0 Å². The molecular weight excluding hydrogens is 342 g/mol. The number of urea groups is 1. The number of amides is 2. The zero-order chi connectivity index (χ0) is 18.8. The number of carbonyl (C=O) groups excluding carboxylic acids is 1. The summed E-state index contributed by atoms with van der Waals surface area (Å²) in [6.45, 7) is 0.875. The van der Waals surface area contributed by atoms with Crippen molar-refractivity contribution in [2.24, 2.45) is 0 Å². The Bertz CT molecular complexity index is 693. The van der Waals surface area contributed by atoms with E-state index >= 15 is 0 Å². The average molecular weight is 364 g/mol. The van der Waals surface area contributed by atoms with Crippen molar-refractivity contribution in [1.82, 2.24) is 10.6 Å². The summed E-state index contributed by atoms with van der Waals surface area (Å²) in [7, 11) is 0. The minimum Gasteiger partial charge on any atom is -0.435 e. The van der Waals surface area contributed by atoms with Crippen LogP contribution in [0.1, 0.15) is 23.6 Å². The molecular formula is C19H22F2N2O3. The largest absolute Gasteiger partial charge is 0.435 e. The third kappa shape index (κ3) is 6.68. The van der Waals surface area contributed by atoms with Gasteiger partial charge in [-0.1, -0.05) is 36.4 Å². The molecule has 0 radical (unpaired) electrons. The second-order valence-corrected chi connectivity index (χ2v) is 5.46. The molecule has 0 fully saturated rings. The highest BCUT2D eigenvalue weighted by Gasteiger charge is 2.06. The van der Waals surface area contributed by atoms with E-state index in [-0.39, 0.29) is 18.3 Å². The molecule has 0 bridgehead atoms. The molecule has 2 aromatic carbocycles. The van der Waals surface area contributed by atoms with Crippen molar-refractivity contribution in [2.45, 2.75) is 33.2 Å². The monoisotopic (exact) mass is 364 g/mol. The topological polar surface area (TPSA) is 59.6 Å². The first kappa shape index (κ1) is 19.7. The van der Waals surface area contributed by atoms with E-state index in [1.165, 1.54) is 12.1 Å². The molecule has 2 amide bonds. The van der Waals surface area contributed by atoms with E-state index in [2.05, 4.69) is 15.4 Å². The second-order valence-electron chi connectivity index (χ2n) is 5.46. The minimum absolute atomic E-state index is 0.0825. The Morgan fingerprint density at radius 2 is 1.65 bits per heavy atom. The summed E-state index contributed by atoms with van der Waals surface area (Å²) < 4.78 is 33.9. The number of carbonyl (C=O) groups is 1. The fourth-order valence-electron chi connectivity index (χ4n) is 2.29. The van der Waals surface area contributed by atoms with Crippen LogP contribution in [0.15, 0.2) is 48.5 Å². The first-order valence-corrected chi connectivity index (χ1v) is 8.28. The quantitative estimate of drug-likeness (QED) is 0.711. The Hall–Kier alpha value is -2.67. The lowest BCUT2D eigenvalue weighted by atomic mass is 10.1. The maximum absolute atomic E-state index is 12.1. The predicted octanol–water partition coefficient (Wildman–Crippen LogP) is 3.82. The third-order valence-corrected chi connectivity index (χ3v) is 3.62. The smallest absolute Gasteiger partial charge is 0.387 e. The first-order chi connectivity index (χ1) is 12.6. The molecule has 0 atom stereocenters. The van der Waals surface area contributed by atoms with E-state index in [0.29, 0.717) is 19.8 Å². The number of ether oxygens (including phenoxy) is 2. The fourth-order valence-corrected chi connectivity index (χ4v) is 2.29. The van der Waals surface area contributed by atoms with Gasteiger partial charge in [-0.2, -0.15) is 8.78 Å². The first-order valence-electron chi connectivity index (χ1n) is 8.28. The van der Waals surface area contributed by atoms with Gasteiger partial charge in [0.1, 0.15) is 5.75 Å². The molecule has 0 aromatic heterocycles. The molecule has 7 heteroatoms. The summed E-state index contributed by atoms with van der Waals surface area (Å²) in [5.74, 6) is 0.0825. The van der Waals surface area contributed by atoms with Gasteiger partial charge in [0.25, 0.3) is 0 Å². The van der Waals surface area contributed by atoms with Gasteiger partial charge in [0, 0.05) is 19.7 Å². The van der Waals surface area contributed by atoms with Gasteiger partial charge in [-0.3, -0.25) is 0 Å². The van der Waals surface area contributed by atoms with Gasteiger partial charge in [0.2, 0.25) is 0 Å². The van der Waals surface area contributed by atoms with Gasteiger partial charge in [0.15, 0.2) is 0 Å². The molecule has 2 rings (SSSR count). The minimum atomic E-state index is -2.85. The Morgan fingerprint density at radius 1 is 1.00 bits per heavy atom. The zero-order valence-electron chi connectivity index (χ0n) is 14.5. The Morgan fingerprint density at radius 3 is 2.31 bits per heavy atom. The van der Waals surface area contributed by atoms with Crippen molar-refractivity contribution in [3.05, 3.63) is 65.2 Å². The molecule has 0 aliphatic rings. The molecule has 5 nitrogen and oxygen atoms in total. The maximum Gasteiger partial charge on any atom is 0.387 e. The van der Waals surface area contributed by atoms with Crippen LogP contribution in [0, 0.1) is 0 Å². The van der Waals surface area contributed by atoms with Crippen molar-refractivity contribution < 1.29 is 23.0 Å². The van der Waals surface area contributed by atoms with E-state index in [1.54, 1.807) is 12.1 Å². The highest BCUT2D eigenvalue weighted by Crippen LogP contribution is 2.14. The Kier molecular flexibility index (Phi) is 7.82. The van der Waals surface area contributed by atoms with Gasteiger partial charge >= 0.3 is 12.6 Å². The number of hydrogen-bond donors (Lipinski definition) is 2. The van der Waals surface area contributed by atoms with Crippen LogP contribution in [0.2, 0.25) is 0 Å². The van der Waals surface area contributed by atoms with E-state index in [1.807, 2.05) is 31.2 Å². The van der Waals surface area contributed by atoms with Gasteiger partial charge < -0.3 is 20.1 Å². The van der Waals surface area contributed by atoms with Crippen LogP contribution in [-0.2, 0) is 24.4 Å². The van der Waals surface area contributed by atoms with E-state index in [0.717, 1.165) is 16.7 Å². The van der Waals surface area contributed by atoms with Crippen molar-refractivity contribution in [2.75, 3.05) is 6.61 Å². The molecule has 140 valence electrons. The normalized spacial score (nSPS) is 10.6. The Balaban J connectivity index is 1.79. The van der Waals surface area contributed by atoms with Gasteiger partial charge in [0.05, 0.1) is 6.61 Å². The lowest BCUT2D eigenvalue weighted by molar-refractivity contribution is -0.0498. The van der Waals surface area contributed by atoms with Crippen LogP contribution in [0.4, 0.5) is 13.6 Å². The molecule has 0 saturated carbocycles. The standard InChI is InChI=1S/C19H22F2N2O3/c1-2-25-13-16-6-4-3-5-15(16)12-23-19(24)22-11-14-7-9-17(10-8-14)26-18(20)21/h3-10,18H,2,11-13H2,1H3,(H2,22,23,24). The molecule has 0 aliphatic heterocycles. The molecule has 0 saturated heterocycles. The second kappa shape index (κ2) is 10.4. The number of hydrogen-bond acceptors (Lipinski definition) is 3. The van der Waals surface area contributed by atoms with Crippen LogP contribution in [0.3, 0.4) is 0 Å². The van der Waals surface area contributed by atoms with Crippen LogP contribution in [0.5, 0.6) is 5.75 Å². The van der Waals surface area contributed by atoms with Crippen molar-refractivity contribution in [1.29, 1.82) is 0 Å². The van der Waals surface area contributed by atoms with Gasteiger partial charge in [-0.15, -0.1) is 0 Å². The summed E-state index contributed by atoms with van der Waals surface area (Å²) in [6.07, 6.45) is 0. The Labute approximate surface area is 151 Å². The van der Waals surface area contributed by atoms with Gasteiger partial charge in [-0.25, -0.2) is 4.79 Å². The van der Waals surface area contributed by atoms with Crippen LogP contribution in [-0.4, -0.2) is 19.2 Å². The summed E-state index contributed by atoms with van der Waals surface area (Å²) in [4.78, 5) is 12.0. The molecule has 26 heavy (non-hydrogen) atoms. The van der Waals surface area contributed by atoms with E-state index in [9.17, 15) is 13.6 Å². The lowest BCUT2D eigenvalue weighted by Gasteiger charge is -2.12. The van der Waals surface area contributed by atoms with E-state index in [4.69, 9.17) is 4.74 Å². The van der Waals surface area contributed by atoms with Crippen molar-refractivity contribution >= 4 is 6.03 Å². The van der Waals surface area contributed by atoms with Crippen LogP contribution in [0.25, 0.3) is 0 Å². The summed E-state index contributed by atoms with van der Waals surface area (Å²) in [5, 5.41) is 5.52. The van der Waals surface area contributed by atoms with Crippen LogP contribution < -0.4 is 15.4 Å². The fraction of sp³-hybridized carbons (Fsp3) is 0.316. The third-order valence-electron chi connectivity index (χ3n) is 3.62. The molecule has 2 aromatic rings. The average Bonchev–Trinajstić information content (AvgIpc) is 2.64. The summed E-state index contributed by atoms with van der Waals surface area (Å²) >= 11 is 0. The summed E-state index contributed by atoms with van der Waals surface area (Å²) in [6, 6.07) is 13.5. The predicted molar refractivity (Wildman–Crippen MR) is 93.9 cm³/mol. The SMILES string of the molecule is CCOCc1ccccc1CNC(=O)NCc1ccc(OC(F)F)cc1. The number of benzene rings is 2. The van der Waals surface area contributed by atoms with Crippen molar-refractivity contribution in [3.8, 4) is 5.75 Å².